The van der Waals surface area contributed by atoms with Crippen molar-refractivity contribution in [1.82, 2.24) is 9.80 Å². The molecule has 1 atom stereocenters. The zero-order valence-electron chi connectivity index (χ0n) is 12.2. The molecule has 1 heterocycles. The largest absolute Gasteiger partial charge is 0.497 e. The molecule has 1 unspecified atom stereocenters. The van der Waals surface area contributed by atoms with Gasteiger partial charge < -0.3 is 15.6 Å². The van der Waals surface area contributed by atoms with E-state index in [9.17, 15) is 0 Å². The summed E-state index contributed by atoms with van der Waals surface area (Å²) < 4.78 is 5.19. The van der Waals surface area contributed by atoms with Crippen molar-refractivity contribution in [2.75, 3.05) is 53.0 Å². The molecular weight excluding hydrogens is 254 g/mol. The predicted molar refractivity (Wildman–Crippen MR) is 79.9 cm³/mol. The molecule has 1 aliphatic heterocycles. The first kappa shape index (κ1) is 15.3. The van der Waals surface area contributed by atoms with E-state index in [2.05, 4.69) is 21.9 Å². The third-order valence-corrected chi connectivity index (χ3v) is 3.99. The molecule has 0 radical (unpaired) electrons. The molecule has 5 nitrogen and oxygen atoms in total. The van der Waals surface area contributed by atoms with Gasteiger partial charge in [-0.2, -0.15) is 0 Å². The molecule has 1 saturated heterocycles. The summed E-state index contributed by atoms with van der Waals surface area (Å²) in [7, 11) is 1.68. The minimum absolute atomic E-state index is 0.235. The SMILES string of the molecule is COc1ccc(C(CN)N2CCN(CCO)CC2)cc1. The van der Waals surface area contributed by atoms with Gasteiger partial charge in [-0.1, -0.05) is 12.1 Å². The number of nitrogens with two attached hydrogens (primary N) is 1. The van der Waals surface area contributed by atoms with Gasteiger partial charge >= 0.3 is 0 Å². The van der Waals surface area contributed by atoms with Gasteiger partial charge in [0.1, 0.15) is 5.75 Å². The van der Waals surface area contributed by atoms with E-state index in [1.165, 1.54) is 5.56 Å². The average Bonchev–Trinajstić information content (AvgIpc) is 2.51. The number of rotatable bonds is 6. The number of aliphatic hydroxyl groups is 1. The van der Waals surface area contributed by atoms with E-state index in [4.69, 9.17) is 15.6 Å². The number of hydrogen-bond acceptors (Lipinski definition) is 5. The molecular formula is C15H25N3O2. The molecule has 0 bridgehead atoms. The number of nitrogens with zero attached hydrogens (tertiary/aromatic N) is 2. The van der Waals surface area contributed by atoms with Gasteiger partial charge in [0.25, 0.3) is 0 Å². The highest BCUT2D eigenvalue weighted by Crippen LogP contribution is 2.23. The van der Waals surface area contributed by atoms with E-state index >= 15 is 0 Å². The first-order valence-corrected chi connectivity index (χ1v) is 7.19. The molecule has 1 aromatic carbocycles. The predicted octanol–water partition coefficient (Wildman–Crippen LogP) is 0.305. The van der Waals surface area contributed by atoms with Crippen LogP contribution in [0.1, 0.15) is 11.6 Å². The van der Waals surface area contributed by atoms with E-state index in [1.54, 1.807) is 7.11 Å². The Morgan fingerprint density at radius 3 is 2.35 bits per heavy atom. The van der Waals surface area contributed by atoms with Crippen LogP contribution in [0.15, 0.2) is 24.3 Å². The fraction of sp³-hybridized carbons (Fsp3) is 0.600. The summed E-state index contributed by atoms with van der Waals surface area (Å²) in [6.45, 7) is 5.59. The first-order chi connectivity index (χ1) is 9.78. The maximum Gasteiger partial charge on any atom is 0.118 e. The fourth-order valence-electron chi connectivity index (χ4n) is 2.76. The van der Waals surface area contributed by atoms with Crippen molar-refractivity contribution in [3.63, 3.8) is 0 Å². The Bertz CT molecular complexity index is 389. The molecule has 1 aromatic rings. The monoisotopic (exact) mass is 279 g/mol. The second-order valence-corrected chi connectivity index (χ2v) is 5.13. The van der Waals surface area contributed by atoms with E-state index in [-0.39, 0.29) is 12.6 Å². The van der Waals surface area contributed by atoms with Crippen molar-refractivity contribution in [3.8, 4) is 5.75 Å². The van der Waals surface area contributed by atoms with Crippen LogP contribution in [0.25, 0.3) is 0 Å². The van der Waals surface area contributed by atoms with Crippen molar-refractivity contribution < 1.29 is 9.84 Å². The Labute approximate surface area is 120 Å². The summed E-state index contributed by atoms with van der Waals surface area (Å²) in [6, 6.07) is 8.42. The number of ether oxygens (including phenoxy) is 1. The van der Waals surface area contributed by atoms with Crippen LogP contribution in [0, 0.1) is 0 Å². The Balaban J connectivity index is 1.97. The van der Waals surface area contributed by atoms with E-state index in [1.807, 2.05) is 12.1 Å². The van der Waals surface area contributed by atoms with Gasteiger partial charge in [0.2, 0.25) is 0 Å². The molecule has 20 heavy (non-hydrogen) atoms. The van der Waals surface area contributed by atoms with Crippen molar-refractivity contribution >= 4 is 0 Å². The van der Waals surface area contributed by atoms with Gasteiger partial charge in [-0.05, 0) is 17.7 Å². The fourth-order valence-corrected chi connectivity index (χ4v) is 2.76. The lowest BCUT2D eigenvalue weighted by molar-refractivity contribution is 0.0857. The van der Waals surface area contributed by atoms with Crippen LogP contribution in [-0.2, 0) is 0 Å². The van der Waals surface area contributed by atoms with Crippen LogP contribution >= 0.6 is 0 Å². The van der Waals surface area contributed by atoms with Crippen molar-refractivity contribution in [1.29, 1.82) is 0 Å². The molecule has 2 rings (SSSR count). The van der Waals surface area contributed by atoms with Gasteiger partial charge in [0.05, 0.1) is 13.7 Å². The third-order valence-electron chi connectivity index (χ3n) is 3.99. The summed E-state index contributed by atoms with van der Waals surface area (Å²) in [4.78, 5) is 4.72. The Kier molecular flexibility index (Phi) is 5.79. The van der Waals surface area contributed by atoms with Gasteiger partial charge in [0.15, 0.2) is 0 Å². The lowest BCUT2D eigenvalue weighted by Gasteiger charge is -2.39. The van der Waals surface area contributed by atoms with E-state index < -0.39 is 0 Å². The molecule has 5 heteroatoms. The zero-order valence-corrected chi connectivity index (χ0v) is 12.2. The molecule has 0 aromatic heterocycles. The van der Waals surface area contributed by atoms with E-state index in [0.717, 1.165) is 38.5 Å². The second kappa shape index (κ2) is 7.59. The molecule has 0 saturated carbocycles. The highest BCUT2D eigenvalue weighted by molar-refractivity contribution is 5.29. The van der Waals surface area contributed by atoms with Crippen LogP contribution in [0.4, 0.5) is 0 Å². The summed E-state index contributed by atoms with van der Waals surface area (Å²) >= 11 is 0. The van der Waals surface area contributed by atoms with Gasteiger partial charge in [-0.25, -0.2) is 0 Å². The van der Waals surface area contributed by atoms with Crippen LogP contribution in [0.3, 0.4) is 0 Å². The van der Waals surface area contributed by atoms with Gasteiger partial charge in [0, 0.05) is 45.3 Å². The quantitative estimate of drug-likeness (QED) is 0.784. The minimum Gasteiger partial charge on any atom is -0.497 e. The van der Waals surface area contributed by atoms with Crippen molar-refractivity contribution in [2.24, 2.45) is 5.73 Å². The summed E-state index contributed by atoms with van der Waals surface area (Å²) in [5.41, 5.74) is 7.21. The van der Waals surface area contributed by atoms with Crippen LogP contribution in [0.5, 0.6) is 5.75 Å². The number of piperazine rings is 1. The normalized spacial score (nSPS) is 18.9. The third kappa shape index (κ3) is 3.70. The van der Waals surface area contributed by atoms with Crippen LogP contribution in [-0.4, -0.2) is 67.9 Å². The average molecular weight is 279 g/mol. The van der Waals surface area contributed by atoms with Gasteiger partial charge in [-0.15, -0.1) is 0 Å². The number of hydrogen-bond donors (Lipinski definition) is 2. The molecule has 112 valence electrons. The maximum atomic E-state index is 8.98. The number of β-amino-alcohol motifs (C(OH)–C–C–N with tert-alkyl or cyclic N) is 1. The van der Waals surface area contributed by atoms with Gasteiger partial charge in [-0.3, -0.25) is 9.80 Å². The van der Waals surface area contributed by atoms with Crippen LogP contribution in [0.2, 0.25) is 0 Å². The lowest BCUT2D eigenvalue weighted by atomic mass is 10.0. The summed E-state index contributed by atoms with van der Waals surface area (Å²) in [6.07, 6.45) is 0. The molecule has 1 fully saturated rings. The molecule has 1 aliphatic rings. The van der Waals surface area contributed by atoms with Crippen molar-refractivity contribution in [3.05, 3.63) is 29.8 Å². The Morgan fingerprint density at radius 2 is 1.85 bits per heavy atom. The van der Waals surface area contributed by atoms with Crippen LogP contribution < -0.4 is 10.5 Å². The topological polar surface area (TPSA) is 62.0 Å². The number of benzene rings is 1. The molecule has 0 amide bonds. The second-order valence-electron chi connectivity index (χ2n) is 5.13. The lowest BCUT2D eigenvalue weighted by Crippen LogP contribution is -2.49. The number of methoxy groups -OCH3 is 1. The molecule has 3 N–H and O–H groups in total. The smallest absolute Gasteiger partial charge is 0.118 e. The zero-order chi connectivity index (χ0) is 14.4. The first-order valence-electron chi connectivity index (χ1n) is 7.19. The molecule has 0 spiro atoms. The highest BCUT2D eigenvalue weighted by atomic mass is 16.5. The highest BCUT2D eigenvalue weighted by Gasteiger charge is 2.23. The Morgan fingerprint density at radius 1 is 1.20 bits per heavy atom. The van der Waals surface area contributed by atoms with E-state index in [0.29, 0.717) is 6.54 Å². The minimum atomic E-state index is 0.235. The molecule has 0 aliphatic carbocycles. The standard InChI is InChI=1S/C15H25N3O2/c1-20-14-4-2-13(3-5-14)15(12-16)18-8-6-17(7-9-18)10-11-19/h2-5,15,19H,6-12,16H2,1H3. The van der Waals surface area contributed by atoms with Crippen molar-refractivity contribution in [2.45, 2.75) is 6.04 Å². The summed E-state index contributed by atoms with van der Waals surface area (Å²) in [5.74, 6) is 0.872. The summed E-state index contributed by atoms with van der Waals surface area (Å²) in [5, 5.41) is 8.98. The maximum absolute atomic E-state index is 8.98. The Hall–Kier alpha value is -1.14. The number of aliphatic hydroxyl groups excluding tert-OH is 1.